The summed E-state index contributed by atoms with van der Waals surface area (Å²) in [6, 6.07) is 90.2. The molecule has 0 N–H and O–H groups in total. The number of hydrogen-bond donors (Lipinski definition) is 0. The molecule has 0 radical (unpaired) electrons. The Morgan fingerprint density at radius 2 is 0.915 bits per heavy atom. The van der Waals surface area contributed by atoms with E-state index in [1.54, 1.807) is 0 Å². The maximum Gasteiger partial charge on any atom is 0.0714 e. The summed E-state index contributed by atoms with van der Waals surface area (Å²) in [5.74, 6) is 0. The van der Waals surface area contributed by atoms with E-state index in [1.165, 1.54) is 88.6 Å². The van der Waals surface area contributed by atoms with Crippen molar-refractivity contribution in [3.05, 3.63) is 324 Å². The van der Waals surface area contributed by atoms with Crippen molar-refractivity contribution < 1.29 is 0 Å². The molecule has 2 heteroatoms. The Bertz CT molecular complexity index is 3900. The summed E-state index contributed by atoms with van der Waals surface area (Å²) in [5, 5.41) is 2.42. The minimum Gasteiger partial charge on any atom is -0.310 e. The van der Waals surface area contributed by atoms with Gasteiger partial charge in [-0.2, -0.15) is 0 Å². The summed E-state index contributed by atoms with van der Waals surface area (Å²) in [6.45, 7) is 4.97. The lowest BCUT2D eigenvalue weighted by Gasteiger charge is -2.38. The number of fused-ring (bicyclic) bond motifs is 13. The van der Waals surface area contributed by atoms with Crippen LogP contribution in [-0.4, -0.2) is 4.57 Å². The molecule has 2 nitrogen and oxygen atoms in total. The van der Waals surface area contributed by atoms with Crippen molar-refractivity contribution in [1.82, 2.24) is 4.57 Å². The molecule has 0 fully saturated rings. The van der Waals surface area contributed by atoms with Crippen LogP contribution in [0.4, 0.5) is 17.1 Å². The summed E-state index contributed by atoms with van der Waals surface area (Å²) in [4.78, 5) is 2.55. The van der Waals surface area contributed by atoms with Crippen molar-refractivity contribution in [3.8, 4) is 27.9 Å². The van der Waals surface area contributed by atoms with Crippen molar-refractivity contribution in [2.75, 3.05) is 4.90 Å². The molecule has 10 aromatic carbocycles. The first kappa shape index (κ1) is 41.0. The second-order valence-electron chi connectivity index (χ2n) is 19.1. The molecule has 3 aliphatic rings. The van der Waals surface area contributed by atoms with Crippen molar-refractivity contribution >= 4 is 38.9 Å². The average Bonchev–Trinajstić information content (AvgIpc) is 4.05. The first-order chi connectivity index (χ1) is 35.2. The van der Waals surface area contributed by atoms with Gasteiger partial charge in [0.25, 0.3) is 0 Å². The fraction of sp³-hybridized carbons (Fsp3) is 0.0435. The fourth-order valence-corrected chi connectivity index (χ4v) is 12.9. The van der Waals surface area contributed by atoms with Gasteiger partial charge >= 0.3 is 0 Å². The van der Waals surface area contributed by atoms with Crippen molar-refractivity contribution in [2.45, 2.75) is 17.3 Å². The number of nitrogens with zero attached hydrogens (tertiary/aromatic N) is 2. The topological polar surface area (TPSA) is 8.17 Å². The molecule has 334 valence electrons. The van der Waals surface area contributed by atoms with Gasteiger partial charge in [-0.1, -0.05) is 219 Å². The van der Waals surface area contributed by atoms with Crippen LogP contribution in [0.3, 0.4) is 0 Å². The molecule has 11 aromatic rings. The molecule has 0 aliphatic heterocycles. The number of aromatic nitrogens is 1. The fourth-order valence-electron chi connectivity index (χ4n) is 12.9. The Morgan fingerprint density at radius 1 is 0.394 bits per heavy atom. The van der Waals surface area contributed by atoms with Crippen LogP contribution in [0.5, 0.6) is 0 Å². The lowest BCUT2D eigenvalue weighted by molar-refractivity contribution is 0.759. The molecule has 0 bridgehead atoms. The number of allylic oxidation sites excluding steroid dienone is 5. The van der Waals surface area contributed by atoms with Gasteiger partial charge in [-0.25, -0.2) is 0 Å². The van der Waals surface area contributed by atoms with Gasteiger partial charge in [-0.05, 0) is 133 Å². The van der Waals surface area contributed by atoms with Gasteiger partial charge in [0.15, 0.2) is 0 Å². The summed E-state index contributed by atoms with van der Waals surface area (Å²) in [5.41, 5.74) is 21.8. The normalized spacial score (nSPS) is 15.5. The molecule has 1 heterocycles. The molecule has 0 unspecified atom stereocenters. The van der Waals surface area contributed by atoms with E-state index >= 15 is 0 Å². The van der Waals surface area contributed by atoms with E-state index in [9.17, 15) is 0 Å². The monoisotopic (exact) mass is 904 g/mol. The highest BCUT2D eigenvalue weighted by atomic mass is 15.1. The zero-order valence-electron chi connectivity index (χ0n) is 39.2. The summed E-state index contributed by atoms with van der Waals surface area (Å²) < 4.78 is 2.41. The van der Waals surface area contributed by atoms with E-state index in [0.29, 0.717) is 0 Å². The zero-order chi connectivity index (χ0) is 47.1. The first-order valence-corrected chi connectivity index (χ1v) is 24.8. The third-order valence-electron chi connectivity index (χ3n) is 15.7. The molecule has 0 saturated carbocycles. The third-order valence-corrected chi connectivity index (χ3v) is 15.7. The molecule has 0 amide bonds. The summed E-state index contributed by atoms with van der Waals surface area (Å²) >= 11 is 0. The second-order valence-corrected chi connectivity index (χ2v) is 19.1. The quantitative estimate of drug-likeness (QED) is 0.161. The summed E-state index contributed by atoms with van der Waals surface area (Å²) in [6.07, 6.45) is 9.65. The largest absolute Gasteiger partial charge is 0.310 e. The highest BCUT2D eigenvalue weighted by Gasteiger charge is 2.49. The number of para-hydroxylation sites is 2. The van der Waals surface area contributed by atoms with Crippen LogP contribution >= 0.6 is 0 Å². The average molecular weight is 905 g/mol. The molecule has 0 atom stereocenters. The smallest absolute Gasteiger partial charge is 0.0714 e. The van der Waals surface area contributed by atoms with E-state index in [0.717, 1.165) is 34.7 Å². The Labute approximate surface area is 415 Å². The Balaban J connectivity index is 1.09. The number of benzene rings is 10. The molecule has 1 aromatic heterocycles. The van der Waals surface area contributed by atoms with Gasteiger partial charge in [-0.15, -0.1) is 0 Å². The van der Waals surface area contributed by atoms with Crippen molar-refractivity contribution in [2.24, 2.45) is 0 Å². The highest BCUT2D eigenvalue weighted by molar-refractivity contribution is 6.11. The van der Waals surface area contributed by atoms with E-state index in [-0.39, 0.29) is 0 Å². The molecular weight excluding hydrogens is 857 g/mol. The third kappa shape index (κ3) is 5.83. The van der Waals surface area contributed by atoms with E-state index in [4.69, 9.17) is 6.58 Å². The van der Waals surface area contributed by atoms with Crippen LogP contribution < -0.4 is 4.90 Å². The minimum atomic E-state index is -0.630. The van der Waals surface area contributed by atoms with Crippen molar-refractivity contribution in [3.63, 3.8) is 0 Å². The zero-order valence-corrected chi connectivity index (χ0v) is 39.2. The van der Waals surface area contributed by atoms with Gasteiger partial charge in [0.2, 0.25) is 0 Å². The van der Waals surface area contributed by atoms with Gasteiger partial charge in [0.1, 0.15) is 0 Å². The molecule has 3 aliphatic carbocycles. The first-order valence-electron chi connectivity index (χ1n) is 24.8. The van der Waals surface area contributed by atoms with Crippen LogP contribution in [-0.2, 0) is 17.3 Å². The van der Waals surface area contributed by atoms with Gasteiger partial charge in [0.05, 0.1) is 21.9 Å². The Hall–Kier alpha value is -8.98. The van der Waals surface area contributed by atoms with Crippen LogP contribution in [0.25, 0.3) is 49.7 Å². The van der Waals surface area contributed by atoms with Crippen LogP contribution in [0.2, 0.25) is 0 Å². The van der Waals surface area contributed by atoms with Gasteiger partial charge < -0.3 is 9.47 Å². The lowest BCUT2D eigenvalue weighted by Crippen LogP contribution is -2.30. The number of hydrogen-bond acceptors (Lipinski definition) is 1. The predicted molar refractivity (Wildman–Crippen MR) is 296 cm³/mol. The number of rotatable bonds is 6. The predicted octanol–water partition coefficient (Wildman–Crippen LogP) is 17.2. The van der Waals surface area contributed by atoms with E-state index in [1.807, 2.05) is 0 Å². The van der Waals surface area contributed by atoms with Crippen LogP contribution in [0.1, 0.15) is 44.5 Å². The maximum atomic E-state index is 4.97. The lowest BCUT2D eigenvalue weighted by atomic mass is 9.66. The van der Waals surface area contributed by atoms with Crippen LogP contribution in [0, 0.1) is 0 Å². The van der Waals surface area contributed by atoms with E-state index < -0.39 is 10.8 Å². The molecular formula is C69H48N2. The van der Waals surface area contributed by atoms with Gasteiger partial charge in [-0.3, -0.25) is 0 Å². The van der Waals surface area contributed by atoms with Crippen molar-refractivity contribution in [1.29, 1.82) is 0 Å². The molecule has 0 saturated heterocycles. The molecule has 71 heavy (non-hydrogen) atoms. The second kappa shape index (κ2) is 16.1. The SMILES string of the molecule is C=C1/C=C\C=C/Cc2c(N(c3ccc4c(c3)C(c3ccccc3)(c3ccccc3)c3ccccc3-4)c3ccc4c(c3)c3ccccc3n4-c3ccccc3)cccc2C12c1ccccc1-c1ccccc12. The summed E-state index contributed by atoms with van der Waals surface area (Å²) in [7, 11) is 0. The van der Waals surface area contributed by atoms with Gasteiger partial charge in [0, 0.05) is 33.5 Å². The maximum absolute atomic E-state index is 4.97. The Morgan fingerprint density at radius 3 is 1.59 bits per heavy atom. The van der Waals surface area contributed by atoms with Crippen LogP contribution in [0.15, 0.2) is 279 Å². The number of anilines is 3. The standard InChI is InChI=1S/C69H48N2/c1-47-23-6-2-13-34-58-63(68(47)60-35-18-14-30-53(60)54-31-15-19-36-61(54)68)38-22-40-66(58)70(51-42-44-67-59(45-51)57-33-17-21-39-65(57)71(67)50-28-11-5-12-29-50)52-41-43-56-55-32-16-20-37-62(55)69(64(56)46-52,48-24-7-3-8-25-48)49-26-9-4-10-27-49/h2-33,35-46H,1,34H2/b13-2-,23-6-. The molecule has 1 spiro atoms. The highest BCUT2D eigenvalue weighted by Crippen LogP contribution is 2.60. The van der Waals surface area contributed by atoms with E-state index in [2.05, 4.69) is 276 Å². The Kier molecular flexibility index (Phi) is 9.28. The molecule has 14 rings (SSSR count). The minimum absolute atomic E-state index is 0.569.